The summed E-state index contributed by atoms with van der Waals surface area (Å²) in [5.74, 6) is -1.96. The maximum absolute atomic E-state index is 13.3. The molecule has 3 N–H and O–H groups in total. The number of nitrogens with one attached hydrogen (secondary N) is 1. The first-order valence-corrected chi connectivity index (χ1v) is 13.7. The molecule has 3 aromatic rings. The Bertz CT molecular complexity index is 1410. The van der Waals surface area contributed by atoms with E-state index in [0.717, 1.165) is 42.6 Å². The first-order chi connectivity index (χ1) is 19.4. The minimum absolute atomic E-state index is 0.0482. The van der Waals surface area contributed by atoms with E-state index in [4.69, 9.17) is 4.74 Å². The van der Waals surface area contributed by atoms with Crippen LogP contribution in [0.4, 0.5) is 10.5 Å². The number of carbonyl (C=O) groups excluding carboxylic acids is 2. The number of hydrogen-bond acceptors (Lipinski definition) is 6. The molecule has 4 rings (SSSR count). The number of hydrogen-bond donors (Lipinski definition) is 3. The highest BCUT2D eigenvalue weighted by Crippen LogP contribution is 2.28. The number of nitrogens with zero attached hydrogens (tertiary/aromatic N) is 2. The molecule has 9 nitrogen and oxygen atoms in total. The van der Waals surface area contributed by atoms with E-state index in [1.165, 1.54) is 12.1 Å². The van der Waals surface area contributed by atoms with Gasteiger partial charge in [-0.1, -0.05) is 42.5 Å². The molecular formula is C32H37N3O6. The van der Waals surface area contributed by atoms with Gasteiger partial charge in [0.05, 0.1) is 16.8 Å². The highest BCUT2D eigenvalue weighted by atomic mass is 16.6. The summed E-state index contributed by atoms with van der Waals surface area (Å²) in [6.45, 7) is 7.62. The maximum Gasteiger partial charge on any atom is 0.410 e. The molecule has 0 spiro atoms. The van der Waals surface area contributed by atoms with E-state index < -0.39 is 17.5 Å². The first-order valence-electron chi connectivity index (χ1n) is 13.7. The van der Waals surface area contributed by atoms with Crippen LogP contribution in [0, 0.1) is 0 Å². The van der Waals surface area contributed by atoms with Gasteiger partial charge in [0, 0.05) is 32.7 Å². The largest absolute Gasteiger partial charge is 0.507 e. The van der Waals surface area contributed by atoms with Gasteiger partial charge in [-0.3, -0.25) is 9.69 Å². The lowest BCUT2D eigenvalue weighted by atomic mass is 10.0. The van der Waals surface area contributed by atoms with Gasteiger partial charge < -0.3 is 25.2 Å². The van der Waals surface area contributed by atoms with Gasteiger partial charge in [-0.25, -0.2) is 9.59 Å². The maximum atomic E-state index is 13.3. The number of phenols is 1. The third-order valence-corrected chi connectivity index (χ3v) is 7.10. The van der Waals surface area contributed by atoms with Crippen molar-refractivity contribution in [3.8, 4) is 16.9 Å². The molecule has 0 unspecified atom stereocenters. The molecule has 1 heterocycles. The number of benzene rings is 3. The number of carboxylic acid groups (broad SMARTS) is 1. The molecule has 0 saturated carbocycles. The van der Waals surface area contributed by atoms with Gasteiger partial charge >= 0.3 is 12.1 Å². The Morgan fingerprint density at radius 3 is 2.27 bits per heavy atom. The highest BCUT2D eigenvalue weighted by Gasteiger charge is 2.28. The zero-order chi connectivity index (χ0) is 29.7. The molecule has 41 heavy (non-hydrogen) atoms. The Labute approximate surface area is 240 Å². The number of phenolic OH excluding ortho intramolecular Hbond substituents is 1. The molecule has 1 fully saturated rings. The summed E-state index contributed by atoms with van der Waals surface area (Å²) in [6, 6.07) is 19.2. The monoisotopic (exact) mass is 559 g/mol. The number of aromatic carboxylic acids is 1. The van der Waals surface area contributed by atoms with Gasteiger partial charge in [-0.15, -0.1) is 0 Å². The van der Waals surface area contributed by atoms with E-state index in [9.17, 15) is 24.6 Å². The molecule has 0 radical (unpaired) electrons. The average molecular weight is 560 g/mol. The first kappa shape index (κ1) is 29.6. The fourth-order valence-corrected chi connectivity index (χ4v) is 4.90. The van der Waals surface area contributed by atoms with Crippen LogP contribution < -0.4 is 5.32 Å². The minimum atomic E-state index is -1.17. The van der Waals surface area contributed by atoms with Gasteiger partial charge in [0.2, 0.25) is 0 Å². The predicted molar refractivity (Wildman–Crippen MR) is 157 cm³/mol. The van der Waals surface area contributed by atoms with Gasteiger partial charge in [-0.05, 0) is 74.6 Å². The van der Waals surface area contributed by atoms with Gasteiger partial charge in [0.25, 0.3) is 5.91 Å². The fraction of sp³-hybridized carbons (Fsp3) is 0.344. The van der Waals surface area contributed by atoms with E-state index in [1.54, 1.807) is 36.2 Å². The third kappa shape index (κ3) is 7.64. The zero-order valence-corrected chi connectivity index (χ0v) is 23.9. The number of likely N-dealkylation sites (tertiary alicyclic amines) is 1. The van der Waals surface area contributed by atoms with Crippen LogP contribution in [0.5, 0.6) is 5.75 Å². The summed E-state index contributed by atoms with van der Waals surface area (Å²) in [4.78, 5) is 41.5. The normalized spacial score (nSPS) is 14.3. The number of ether oxygens (including phenoxy) is 1. The smallest absolute Gasteiger partial charge is 0.410 e. The van der Waals surface area contributed by atoms with Crippen LogP contribution in [0.1, 0.15) is 59.9 Å². The number of anilines is 1. The summed E-state index contributed by atoms with van der Waals surface area (Å²) in [7, 11) is 1.77. The Morgan fingerprint density at radius 1 is 0.951 bits per heavy atom. The van der Waals surface area contributed by atoms with Crippen LogP contribution in [-0.2, 0) is 11.3 Å². The van der Waals surface area contributed by atoms with Crippen molar-refractivity contribution in [1.82, 2.24) is 9.80 Å². The van der Waals surface area contributed by atoms with Crippen LogP contribution in [0.3, 0.4) is 0 Å². The van der Waals surface area contributed by atoms with Crippen molar-refractivity contribution in [2.24, 2.45) is 0 Å². The van der Waals surface area contributed by atoms with Gasteiger partial charge in [0.15, 0.2) is 0 Å². The van der Waals surface area contributed by atoms with Crippen molar-refractivity contribution < 1.29 is 29.3 Å². The van der Waals surface area contributed by atoms with E-state index in [2.05, 4.69) is 10.2 Å². The number of rotatable bonds is 7. The predicted octanol–water partition coefficient (Wildman–Crippen LogP) is 5.84. The van der Waals surface area contributed by atoms with Crippen LogP contribution >= 0.6 is 0 Å². The molecule has 1 aliphatic rings. The summed E-state index contributed by atoms with van der Waals surface area (Å²) in [6.07, 6.45) is 1.25. The summed E-state index contributed by atoms with van der Waals surface area (Å²) in [5.41, 5.74) is 2.08. The van der Waals surface area contributed by atoms with Gasteiger partial charge in [-0.2, -0.15) is 0 Å². The average Bonchev–Trinajstić information content (AvgIpc) is 2.93. The lowest BCUT2D eigenvalue weighted by Gasteiger charge is -2.37. The van der Waals surface area contributed by atoms with E-state index >= 15 is 0 Å². The molecule has 9 heteroatoms. The molecule has 1 saturated heterocycles. The zero-order valence-electron chi connectivity index (χ0n) is 23.9. The second-order valence-corrected chi connectivity index (χ2v) is 11.3. The van der Waals surface area contributed by atoms with Crippen LogP contribution in [0.2, 0.25) is 0 Å². The quantitative estimate of drug-likeness (QED) is 0.333. The Kier molecular flexibility index (Phi) is 8.98. The number of piperidine rings is 1. The second kappa shape index (κ2) is 12.4. The van der Waals surface area contributed by atoms with Crippen LogP contribution in [0.25, 0.3) is 11.1 Å². The molecular weight excluding hydrogens is 522 g/mol. The van der Waals surface area contributed by atoms with Crippen molar-refractivity contribution in [3.63, 3.8) is 0 Å². The Hall–Kier alpha value is -4.37. The van der Waals surface area contributed by atoms with E-state index in [0.29, 0.717) is 6.54 Å². The summed E-state index contributed by atoms with van der Waals surface area (Å²) in [5, 5.41) is 22.9. The van der Waals surface area contributed by atoms with E-state index in [-0.39, 0.29) is 34.7 Å². The van der Waals surface area contributed by atoms with Crippen molar-refractivity contribution in [1.29, 1.82) is 0 Å². The number of amides is 2. The summed E-state index contributed by atoms with van der Waals surface area (Å²) < 4.78 is 5.49. The molecule has 1 aliphatic heterocycles. The standard InChI is InChI=1S/C32H37N3O6/c1-32(2,3)41-31(40)34(4)24-14-16-35(17-15-24)20-21-10-13-28(36)26(18-21)29(37)33-27-19-23(11-12-25(27)30(38)39)22-8-6-5-7-9-22/h5-13,18-19,24,36H,14-17,20H2,1-4H3,(H,33,37)(H,38,39). The summed E-state index contributed by atoms with van der Waals surface area (Å²) >= 11 is 0. The molecule has 0 bridgehead atoms. The fourth-order valence-electron chi connectivity index (χ4n) is 4.90. The number of carbonyl (C=O) groups is 3. The van der Waals surface area contributed by atoms with Gasteiger partial charge in [0.1, 0.15) is 11.4 Å². The lowest BCUT2D eigenvalue weighted by molar-refractivity contribution is 0.0148. The molecule has 0 atom stereocenters. The van der Waals surface area contributed by atoms with Crippen molar-refractivity contribution in [2.45, 2.75) is 51.8 Å². The molecule has 216 valence electrons. The minimum Gasteiger partial charge on any atom is -0.507 e. The van der Waals surface area contributed by atoms with Crippen molar-refractivity contribution in [2.75, 3.05) is 25.5 Å². The third-order valence-electron chi connectivity index (χ3n) is 7.10. The van der Waals surface area contributed by atoms with Crippen molar-refractivity contribution >= 4 is 23.7 Å². The SMILES string of the molecule is CN(C(=O)OC(C)(C)C)C1CCN(Cc2ccc(O)c(C(=O)Nc3cc(-c4ccccc4)ccc3C(=O)O)c2)CC1. The number of aromatic hydroxyl groups is 1. The highest BCUT2D eigenvalue weighted by molar-refractivity contribution is 6.09. The lowest BCUT2D eigenvalue weighted by Crippen LogP contribution is -2.46. The molecule has 3 aromatic carbocycles. The Balaban J connectivity index is 1.44. The van der Waals surface area contributed by atoms with Crippen LogP contribution in [-0.4, -0.2) is 69.8 Å². The number of carboxylic acids is 1. The molecule has 0 aliphatic carbocycles. The van der Waals surface area contributed by atoms with E-state index in [1.807, 2.05) is 51.1 Å². The second-order valence-electron chi connectivity index (χ2n) is 11.3. The Morgan fingerprint density at radius 2 is 1.63 bits per heavy atom. The topological polar surface area (TPSA) is 119 Å². The van der Waals surface area contributed by atoms with Crippen LogP contribution in [0.15, 0.2) is 66.7 Å². The molecule has 2 amide bonds. The van der Waals surface area contributed by atoms with Crippen molar-refractivity contribution in [3.05, 3.63) is 83.4 Å². The molecule has 0 aromatic heterocycles.